The molecule has 80 valence electrons. The predicted molar refractivity (Wildman–Crippen MR) is 41.9 cm³/mol. The van der Waals surface area contributed by atoms with Gasteiger partial charge < -0.3 is 20.1 Å². The lowest BCUT2D eigenvalue weighted by atomic mass is 10.00. The summed E-state index contributed by atoms with van der Waals surface area (Å²) in [5.74, 6) is -5.20. The average molecular weight is 206 g/mol. The molecule has 3 N–H and O–H groups in total. The van der Waals surface area contributed by atoms with E-state index in [0.717, 1.165) is 0 Å². The molecule has 0 fully saturated rings. The van der Waals surface area contributed by atoms with E-state index in [0.29, 0.717) is 0 Å². The Hall–Kier alpha value is -1.63. The van der Waals surface area contributed by atoms with Crippen molar-refractivity contribution in [3.8, 4) is 0 Å². The Balaban J connectivity index is 5.04. The number of hydrogen-bond donors (Lipinski definition) is 3. The topological polar surface area (TPSA) is 121 Å². The maximum absolute atomic E-state index is 10.6. The van der Waals surface area contributed by atoms with Gasteiger partial charge in [0.1, 0.15) is 0 Å². The summed E-state index contributed by atoms with van der Waals surface area (Å²) in [5.41, 5.74) is -2.69. The van der Waals surface area contributed by atoms with Crippen molar-refractivity contribution in [2.45, 2.75) is 18.9 Å². The van der Waals surface area contributed by atoms with Crippen molar-refractivity contribution in [1.29, 1.82) is 0 Å². The number of rotatable bonds is 6. The van der Waals surface area contributed by atoms with Gasteiger partial charge in [-0.05, 0) is 6.92 Å². The Bertz CT molecular complexity index is 243. The molecule has 0 unspecified atom stereocenters. The summed E-state index contributed by atoms with van der Waals surface area (Å²) in [6.07, 6.45) is -1.12. The maximum Gasteiger partial charge on any atom is 0.348 e. The molecule has 0 aliphatic carbocycles. The molecule has 0 saturated carbocycles. The van der Waals surface area contributed by atoms with Crippen LogP contribution in [0, 0.1) is 0 Å². The number of hydrogen-bond acceptors (Lipinski definition) is 4. The van der Waals surface area contributed by atoms with Crippen LogP contribution in [0.4, 0.5) is 0 Å². The molecule has 0 aromatic carbocycles. The van der Waals surface area contributed by atoms with Crippen molar-refractivity contribution in [3.05, 3.63) is 0 Å². The molecule has 0 heterocycles. The zero-order chi connectivity index (χ0) is 11.4. The largest absolute Gasteiger partial charge is 0.481 e. The molecule has 0 atom stereocenters. The van der Waals surface area contributed by atoms with Crippen LogP contribution >= 0.6 is 0 Å². The SMILES string of the molecule is CCOC(CC(=O)O)(C(=O)O)C(=O)O. The zero-order valence-electron chi connectivity index (χ0n) is 7.39. The molecule has 0 rings (SSSR count). The highest BCUT2D eigenvalue weighted by atomic mass is 16.6. The molecule has 0 saturated heterocycles. The molecule has 0 spiro atoms. The molecule has 0 aromatic heterocycles. The Morgan fingerprint density at radius 3 is 1.79 bits per heavy atom. The van der Waals surface area contributed by atoms with Crippen LogP contribution in [-0.2, 0) is 19.1 Å². The summed E-state index contributed by atoms with van der Waals surface area (Å²) in [6.45, 7) is 1.17. The fourth-order valence-electron chi connectivity index (χ4n) is 0.877. The van der Waals surface area contributed by atoms with Crippen molar-refractivity contribution in [3.63, 3.8) is 0 Å². The van der Waals surface area contributed by atoms with Crippen LogP contribution in [0.2, 0.25) is 0 Å². The molecule has 7 heteroatoms. The van der Waals surface area contributed by atoms with E-state index in [-0.39, 0.29) is 6.61 Å². The summed E-state index contributed by atoms with van der Waals surface area (Å²) in [7, 11) is 0. The molecule has 0 aliphatic rings. The highest BCUT2D eigenvalue weighted by Gasteiger charge is 2.49. The summed E-state index contributed by atoms with van der Waals surface area (Å²) in [6, 6.07) is 0. The fraction of sp³-hybridized carbons (Fsp3) is 0.571. The third-order valence-corrected chi connectivity index (χ3v) is 1.48. The quantitative estimate of drug-likeness (QED) is 0.496. The van der Waals surface area contributed by atoms with Gasteiger partial charge in [0.2, 0.25) is 0 Å². The lowest BCUT2D eigenvalue weighted by Gasteiger charge is -2.22. The minimum atomic E-state index is -2.69. The van der Waals surface area contributed by atoms with Crippen molar-refractivity contribution in [1.82, 2.24) is 0 Å². The van der Waals surface area contributed by atoms with E-state index in [1.807, 2.05) is 0 Å². The van der Waals surface area contributed by atoms with E-state index < -0.39 is 29.9 Å². The van der Waals surface area contributed by atoms with E-state index in [9.17, 15) is 14.4 Å². The molecule has 14 heavy (non-hydrogen) atoms. The predicted octanol–water partition coefficient (Wildman–Crippen LogP) is -0.594. The molecule has 0 bridgehead atoms. The Labute approximate surface area is 78.9 Å². The van der Waals surface area contributed by atoms with Crippen molar-refractivity contribution >= 4 is 17.9 Å². The van der Waals surface area contributed by atoms with Crippen LogP contribution in [0.15, 0.2) is 0 Å². The Morgan fingerprint density at radius 2 is 1.57 bits per heavy atom. The van der Waals surface area contributed by atoms with Gasteiger partial charge in [-0.3, -0.25) is 4.79 Å². The lowest BCUT2D eigenvalue weighted by Crippen LogP contribution is -2.50. The van der Waals surface area contributed by atoms with Gasteiger partial charge in [-0.2, -0.15) is 0 Å². The monoisotopic (exact) mass is 206 g/mol. The number of ether oxygens (including phenoxy) is 1. The van der Waals surface area contributed by atoms with Gasteiger partial charge in [0, 0.05) is 6.61 Å². The van der Waals surface area contributed by atoms with Gasteiger partial charge in [-0.15, -0.1) is 0 Å². The Morgan fingerprint density at radius 1 is 1.14 bits per heavy atom. The second-order valence-corrected chi connectivity index (χ2v) is 2.44. The second kappa shape index (κ2) is 4.56. The lowest BCUT2D eigenvalue weighted by molar-refractivity contribution is -0.187. The summed E-state index contributed by atoms with van der Waals surface area (Å²) in [4.78, 5) is 31.5. The van der Waals surface area contributed by atoms with Gasteiger partial charge >= 0.3 is 17.9 Å². The first-order chi connectivity index (χ1) is 6.36. The molecule has 0 aliphatic heterocycles. The normalized spacial score (nSPS) is 10.9. The van der Waals surface area contributed by atoms with Crippen molar-refractivity contribution < 1.29 is 34.4 Å². The summed E-state index contributed by atoms with van der Waals surface area (Å²) in [5, 5.41) is 25.6. The average Bonchev–Trinajstić information content (AvgIpc) is 2.01. The van der Waals surface area contributed by atoms with Gasteiger partial charge in [-0.1, -0.05) is 0 Å². The van der Waals surface area contributed by atoms with Crippen LogP contribution in [0.5, 0.6) is 0 Å². The number of carbonyl (C=O) groups is 3. The minimum absolute atomic E-state index is 0.202. The van der Waals surface area contributed by atoms with Crippen molar-refractivity contribution in [2.24, 2.45) is 0 Å². The standard InChI is InChI=1S/C7H10O7/c1-2-14-7(5(10)11,6(12)13)3-4(8)9/h2-3H2,1H3,(H,8,9)(H,10,11)(H,12,13). The Kier molecular flexibility index (Phi) is 4.03. The molecule has 0 radical (unpaired) electrons. The molecular formula is C7H10O7. The van der Waals surface area contributed by atoms with Gasteiger partial charge in [-0.25, -0.2) is 9.59 Å². The molecule has 0 amide bonds. The molecular weight excluding hydrogens is 196 g/mol. The van der Waals surface area contributed by atoms with Crippen LogP contribution in [0.25, 0.3) is 0 Å². The number of aliphatic carboxylic acids is 3. The van der Waals surface area contributed by atoms with Gasteiger partial charge in [0.15, 0.2) is 0 Å². The zero-order valence-corrected chi connectivity index (χ0v) is 7.39. The van der Waals surface area contributed by atoms with E-state index in [1.54, 1.807) is 0 Å². The third-order valence-electron chi connectivity index (χ3n) is 1.48. The highest BCUT2D eigenvalue weighted by Crippen LogP contribution is 2.17. The van der Waals surface area contributed by atoms with E-state index in [1.165, 1.54) is 6.92 Å². The van der Waals surface area contributed by atoms with E-state index >= 15 is 0 Å². The van der Waals surface area contributed by atoms with Crippen LogP contribution in [0.1, 0.15) is 13.3 Å². The smallest absolute Gasteiger partial charge is 0.348 e. The van der Waals surface area contributed by atoms with Crippen LogP contribution < -0.4 is 0 Å². The van der Waals surface area contributed by atoms with Gasteiger partial charge in [0.25, 0.3) is 5.60 Å². The van der Waals surface area contributed by atoms with Gasteiger partial charge in [0.05, 0.1) is 6.42 Å². The van der Waals surface area contributed by atoms with Crippen LogP contribution in [0.3, 0.4) is 0 Å². The first-order valence-electron chi connectivity index (χ1n) is 3.69. The number of carboxylic acids is 3. The third kappa shape index (κ3) is 2.43. The first-order valence-corrected chi connectivity index (χ1v) is 3.69. The minimum Gasteiger partial charge on any atom is -0.481 e. The first kappa shape index (κ1) is 12.4. The maximum atomic E-state index is 10.6. The van der Waals surface area contributed by atoms with E-state index in [4.69, 9.17) is 15.3 Å². The second-order valence-electron chi connectivity index (χ2n) is 2.44. The summed E-state index contributed by atoms with van der Waals surface area (Å²) < 4.78 is 4.48. The van der Waals surface area contributed by atoms with Crippen molar-refractivity contribution in [2.75, 3.05) is 6.61 Å². The molecule has 7 nitrogen and oxygen atoms in total. The fourth-order valence-corrected chi connectivity index (χ4v) is 0.877. The summed E-state index contributed by atoms with van der Waals surface area (Å²) >= 11 is 0. The van der Waals surface area contributed by atoms with E-state index in [2.05, 4.69) is 4.74 Å². The van der Waals surface area contributed by atoms with Crippen LogP contribution in [-0.4, -0.2) is 45.4 Å². The highest BCUT2D eigenvalue weighted by molar-refractivity contribution is 6.04. The number of carboxylic acid groups (broad SMARTS) is 3. The molecule has 0 aromatic rings.